The van der Waals surface area contributed by atoms with Gasteiger partial charge in [0.1, 0.15) is 0 Å². The van der Waals surface area contributed by atoms with Gasteiger partial charge in [0.25, 0.3) is 0 Å². The van der Waals surface area contributed by atoms with Gasteiger partial charge in [-0.15, -0.1) is 11.6 Å². The van der Waals surface area contributed by atoms with Crippen LogP contribution in [0.4, 0.5) is 0 Å². The molecule has 0 saturated carbocycles. The maximum atomic E-state index is 6.49. The molecule has 1 aromatic rings. The third-order valence-electron chi connectivity index (χ3n) is 2.46. The van der Waals surface area contributed by atoms with E-state index in [1.54, 1.807) is 11.8 Å². The van der Waals surface area contributed by atoms with Crippen LogP contribution in [-0.4, -0.2) is 11.5 Å². The predicted octanol–water partition coefficient (Wildman–Crippen LogP) is 3.89. The van der Waals surface area contributed by atoms with Gasteiger partial charge in [0.05, 0.1) is 4.87 Å². The van der Waals surface area contributed by atoms with E-state index in [1.807, 2.05) is 18.2 Å². The van der Waals surface area contributed by atoms with Gasteiger partial charge in [-0.2, -0.15) is 11.8 Å². The molecule has 0 aliphatic heterocycles. The van der Waals surface area contributed by atoms with Gasteiger partial charge in [0, 0.05) is 5.25 Å². The minimum atomic E-state index is -0.263. The Kier molecular flexibility index (Phi) is 3.69. The van der Waals surface area contributed by atoms with E-state index in [4.69, 9.17) is 11.6 Å². The highest BCUT2D eigenvalue weighted by atomic mass is 35.5. The van der Waals surface area contributed by atoms with Gasteiger partial charge in [-0.25, -0.2) is 0 Å². The Morgan fingerprint density at radius 2 is 1.85 bits per heavy atom. The van der Waals surface area contributed by atoms with Gasteiger partial charge in [-0.05, 0) is 18.7 Å². The quantitative estimate of drug-likeness (QED) is 0.688. The molecule has 0 aromatic heterocycles. The van der Waals surface area contributed by atoms with E-state index in [-0.39, 0.29) is 4.87 Å². The number of alkyl halides is 1. The molecule has 0 N–H and O–H groups in total. The molecule has 0 amide bonds. The first-order valence-electron chi connectivity index (χ1n) is 4.36. The number of benzene rings is 1. The Labute approximate surface area is 89.7 Å². The maximum absolute atomic E-state index is 6.49. The Morgan fingerprint density at radius 1 is 1.31 bits per heavy atom. The average molecular weight is 215 g/mol. The number of rotatable bonds is 3. The maximum Gasteiger partial charge on any atom is 0.0782 e. The molecule has 1 rings (SSSR count). The summed E-state index contributed by atoms with van der Waals surface area (Å²) in [5, 5.41) is 0.413. The van der Waals surface area contributed by atoms with E-state index in [1.165, 1.54) is 5.56 Å². The van der Waals surface area contributed by atoms with Gasteiger partial charge in [-0.3, -0.25) is 0 Å². The van der Waals surface area contributed by atoms with Crippen molar-refractivity contribution in [3.63, 3.8) is 0 Å². The second-order valence-electron chi connectivity index (χ2n) is 3.32. The fourth-order valence-electron chi connectivity index (χ4n) is 1.22. The standard InChI is InChI=1S/C11H15ClS/c1-9(13-3)11(2,12)10-7-5-4-6-8-10/h4-9H,1-3H3/t9-,11+/m1/s1. The lowest BCUT2D eigenvalue weighted by molar-refractivity contribution is 0.668. The smallest absolute Gasteiger partial charge is 0.0782 e. The molecule has 2 heteroatoms. The van der Waals surface area contributed by atoms with Crippen LogP contribution in [-0.2, 0) is 4.87 Å². The summed E-state index contributed by atoms with van der Waals surface area (Å²) >= 11 is 8.29. The zero-order valence-corrected chi connectivity index (χ0v) is 9.82. The van der Waals surface area contributed by atoms with E-state index in [9.17, 15) is 0 Å². The molecule has 0 heterocycles. The third kappa shape index (κ3) is 2.41. The van der Waals surface area contributed by atoms with Crippen molar-refractivity contribution in [3.8, 4) is 0 Å². The molecule has 0 bridgehead atoms. The first-order valence-corrected chi connectivity index (χ1v) is 6.03. The Morgan fingerprint density at radius 3 is 2.31 bits per heavy atom. The van der Waals surface area contributed by atoms with E-state index >= 15 is 0 Å². The van der Waals surface area contributed by atoms with Gasteiger partial charge in [0.15, 0.2) is 0 Å². The predicted molar refractivity (Wildman–Crippen MR) is 62.6 cm³/mol. The highest BCUT2D eigenvalue weighted by Crippen LogP contribution is 2.37. The van der Waals surface area contributed by atoms with Crippen molar-refractivity contribution in [1.82, 2.24) is 0 Å². The second kappa shape index (κ2) is 4.39. The summed E-state index contributed by atoms with van der Waals surface area (Å²) < 4.78 is 0. The summed E-state index contributed by atoms with van der Waals surface area (Å²) in [5.41, 5.74) is 1.19. The Balaban J connectivity index is 2.93. The molecule has 0 fully saturated rings. The zero-order chi connectivity index (χ0) is 9.90. The molecule has 13 heavy (non-hydrogen) atoms. The molecule has 0 unspecified atom stereocenters. The van der Waals surface area contributed by atoms with E-state index < -0.39 is 0 Å². The molecule has 1 aromatic carbocycles. The molecule has 0 nitrogen and oxygen atoms in total. The van der Waals surface area contributed by atoms with Crippen LogP contribution in [0.25, 0.3) is 0 Å². The van der Waals surface area contributed by atoms with Crippen LogP contribution in [0.1, 0.15) is 19.4 Å². The summed E-state index contributed by atoms with van der Waals surface area (Å²) in [7, 11) is 0. The van der Waals surface area contributed by atoms with Crippen LogP contribution in [0, 0.1) is 0 Å². The van der Waals surface area contributed by atoms with Crippen LogP contribution < -0.4 is 0 Å². The zero-order valence-electron chi connectivity index (χ0n) is 8.25. The number of halogens is 1. The molecular weight excluding hydrogens is 200 g/mol. The second-order valence-corrected chi connectivity index (χ2v) is 5.28. The number of hydrogen-bond donors (Lipinski definition) is 0. The number of hydrogen-bond acceptors (Lipinski definition) is 1. The van der Waals surface area contributed by atoms with E-state index in [0.29, 0.717) is 5.25 Å². The summed E-state index contributed by atoms with van der Waals surface area (Å²) in [4.78, 5) is -0.263. The number of thioether (sulfide) groups is 1. The fourth-order valence-corrected chi connectivity index (χ4v) is 2.19. The Bertz CT molecular complexity index is 256. The molecule has 2 atom stereocenters. The van der Waals surface area contributed by atoms with Crippen molar-refractivity contribution in [2.24, 2.45) is 0 Å². The fraction of sp³-hybridized carbons (Fsp3) is 0.455. The van der Waals surface area contributed by atoms with Crippen molar-refractivity contribution < 1.29 is 0 Å². The van der Waals surface area contributed by atoms with Gasteiger partial charge >= 0.3 is 0 Å². The minimum Gasteiger partial charge on any atom is -0.160 e. The lowest BCUT2D eigenvalue weighted by atomic mass is 9.97. The van der Waals surface area contributed by atoms with Gasteiger partial charge in [0.2, 0.25) is 0 Å². The minimum absolute atomic E-state index is 0.263. The lowest BCUT2D eigenvalue weighted by Gasteiger charge is -2.28. The van der Waals surface area contributed by atoms with Crippen molar-refractivity contribution in [3.05, 3.63) is 35.9 Å². The van der Waals surface area contributed by atoms with Crippen LogP contribution in [0.15, 0.2) is 30.3 Å². The largest absolute Gasteiger partial charge is 0.160 e. The van der Waals surface area contributed by atoms with Crippen LogP contribution in [0.5, 0.6) is 0 Å². The topological polar surface area (TPSA) is 0 Å². The molecular formula is C11H15ClS. The molecule has 72 valence electrons. The molecule has 0 aliphatic carbocycles. The van der Waals surface area contributed by atoms with Crippen LogP contribution in [0.2, 0.25) is 0 Å². The summed E-state index contributed by atoms with van der Waals surface area (Å²) in [6.07, 6.45) is 2.09. The van der Waals surface area contributed by atoms with Crippen molar-refractivity contribution in [1.29, 1.82) is 0 Å². The summed E-state index contributed by atoms with van der Waals surface area (Å²) in [5.74, 6) is 0. The van der Waals surface area contributed by atoms with Crippen molar-refractivity contribution >= 4 is 23.4 Å². The molecule has 0 spiro atoms. The van der Waals surface area contributed by atoms with Crippen molar-refractivity contribution in [2.75, 3.05) is 6.26 Å². The normalized spacial score (nSPS) is 17.8. The molecule has 0 radical (unpaired) electrons. The SMILES string of the molecule is CS[C@H](C)[C@](C)(Cl)c1ccccc1. The summed E-state index contributed by atoms with van der Waals surface area (Å²) in [6, 6.07) is 10.2. The van der Waals surface area contributed by atoms with Crippen molar-refractivity contribution in [2.45, 2.75) is 24.0 Å². The molecule has 0 saturated heterocycles. The monoisotopic (exact) mass is 214 g/mol. The van der Waals surface area contributed by atoms with E-state index in [2.05, 4.69) is 32.2 Å². The first-order chi connectivity index (χ1) is 6.09. The lowest BCUT2D eigenvalue weighted by Crippen LogP contribution is -2.25. The average Bonchev–Trinajstić information content (AvgIpc) is 2.18. The molecule has 0 aliphatic rings. The van der Waals surface area contributed by atoms with Crippen LogP contribution in [0.3, 0.4) is 0 Å². The van der Waals surface area contributed by atoms with Crippen LogP contribution >= 0.6 is 23.4 Å². The van der Waals surface area contributed by atoms with Gasteiger partial charge < -0.3 is 0 Å². The highest BCUT2D eigenvalue weighted by Gasteiger charge is 2.29. The van der Waals surface area contributed by atoms with Gasteiger partial charge in [-0.1, -0.05) is 37.3 Å². The summed E-state index contributed by atoms with van der Waals surface area (Å²) in [6.45, 7) is 4.23. The first kappa shape index (κ1) is 10.9. The third-order valence-corrected chi connectivity index (χ3v) is 4.31. The highest BCUT2D eigenvalue weighted by molar-refractivity contribution is 7.99. The Hall–Kier alpha value is -0.140. The van der Waals surface area contributed by atoms with E-state index in [0.717, 1.165) is 0 Å².